The van der Waals surface area contributed by atoms with E-state index in [-0.39, 0.29) is 0 Å². The summed E-state index contributed by atoms with van der Waals surface area (Å²) in [7, 11) is 0. The van der Waals surface area contributed by atoms with E-state index in [1.165, 1.54) is 25.0 Å². The third kappa shape index (κ3) is 4.06. The number of hydrogen-bond acceptors (Lipinski definition) is 2. The lowest BCUT2D eigenvalue weighted by molar-refractivity contribution is 0.598. The average Bonchev–Trinajstić information content (AvgIpc) is 2.36. The molecule has 1 saturated heterocycles. The van der Waals surface area contributed by atoms with Crippen LogP contribution in [0.4, 0.5) is 0 Å². The number of nitrogens with one attached hydrogen (secondary N) is 1. The smallest absolute Gasteiger partial charge is 0.0637 e. The van der Waals surface area contributed by atoms with Gasteiger partial charge in [-0.05, 0) is 30.2 Å². The maximum atomic E-state index is 6.14. The van der Waals surface area contributed by atoms with Crippen molar-refractivity contribution in [1.82, 2.24) is 5.32 Å². The molecular weight excluding hydrogens is 273 g/mol. The number of rotatable bonds is 4. The van der Waals surface area contributed by atoms with Gasteiger partial charge in [0.05, 0.1) is 10.0 Å². The number of benzene rings is 1. The van der Waals surface area contributed by atoms with E-state index in [4.69, 9.17) is 23.2 Å². The Kier molecular flexibility index (Phi) is 5.49. The predicted octanol–water partition coefficient (Wildman–Crippen LogP) is 4.37. The minimum Gasteiger partial charge on any atom is -0.312 e. The molecule has 0 radical (unpaired) electrons. The van der Waals surface area contributed by atoms with Gasteiger partial charge in [0.2, 0.25) is 0 Å². The lowest BCUT2D eigenvalue weighted by Gasteiger charge is -2.21. The molecule has 1 aromatic carbocycles. The second-order valence-electron chi connectivity index (χ2n) is 4.33. The van der Waals surface area contributed by atoms with Gasteiger partial charge in [-0.3, -0.25) is 0 Å². The van der Waals surface area contributed by atoms with Crippen LogP contribution in [0.25, 0.3) is 0 Å². The van der Waals surface area contributed by atoms with Crippen LogP contribution in [0.5, 0.6) is 0 Å². The Labute approximate surface area is 117 Å². The summed E-state index contributed by atoms with van der Waals surface area (Å²) in [5.74, 6) is 1.31. The largest absolute Gasteiger partial charge is 0.312 e. The summed E-state index contributed by atoms with van der Waals surface area (Å²) in [4.78, 5) is 0. The number of hydrogen-bond donors (Lipinski definition) is 1. The molecule has 0 saturated carbocycles. The van der Waals surface area contributed by atoms with E-state index in [0.717, 1.165) is 23.9 Å². The summed E-state index contributed by atoms with van der Waals surface area (Å²) >= 11 is 14.2. The quantitative estimate of drug-likeness (QED) is 0.883. The van der Waals surface area contributed by atoms with Crippen LogP contribution < -0.4 is 5.32 Å². The van der Waals surface area contributed by atoms with Crippen molar-refractivity contribution in [2.45, 2.75) is 31.1 Å². The zero-order chi connectivity index (χ0) is 12.1. The first-order valence-electron chi connectivity index (χ1n) is 6.02. The van der Waals surface area contributed by atoms with Gasteiger partial charge in [-0.15, -0.1) is 0 Å². The molecule has 17 heavy (non-hydrogen) atoms. The summed E-state index contributed by atoms with van der Waals surface area (Å²) in [6, 6.07) is 5.79. The van der Waals surface area contributed by atoms with Crippen LogP contribution in [0.15, 0.2) is 18.2 Å². The van der Waals surface area contributed by atoms with E-state index in [2.05, 4.69) is 17.1 Å². The molecule has 1 unspecified atom stereocenters. The van der Waals surface area contributed by atoms with Crippen molar-refractivity contribution in [2.24, 2.45) is 0 Å². The molecule has 1 aromatic rings. The third-order valence-electron chi connectivity index (χ3n) is 2.99. The molecule has 1 atom stereocenters. The molecule has 1 aliphatic heterocycles. The average molecular weight is 290 g/mol. The van der Waals surface area contributed by atoms with Crippen molar-refractivity contribution in [3.8, 4) is 0 Å². The van der Waals surface area contributed by atoms with Gasteiger partial charge < -0.3 is 5.32 Å². The first kappa shape index (κ1) is 13.5. The lowest BCUT2D eigenvalue weighted by Crippen LogP contribution is -2.26. The molecule has 1 fully saturated rings. The highest BCUT2D eigenvalue weighted by molar-refractivity contribution is 7.99. The van der Waals surface area contributed by atoms with E-state index < -0.39 is 0 Å². The number of thioether (sulfide) groups is 1. The Balaban J connectivity index is 1.79. The lowest BCUT2D eigenvalue weighted by atomic mass is 10.2. The van der Waals surface area contributed by atoms with Crippen molar-refractivity contribution in [2.75, 3.05) is 12.3 Å². The molecule has 0 aliphatic carbocycles. The predicted molar refractivity (Wildman–Crippen MR) is 78.3 cm³/mol. The second-order valence-corrected chi connectivity index (χ2v) is 6.53. The molecule has 0 aromatic heterocycles. The minimum atomic E-state index is 0.637. The van der Waals surface area contributed by atoms with Crippen LogP contribution in [-0.4, -0.2) is 17.5 Å². The third-order valence-corrected chi connectivity index (χ3v) is 5.25. The normalized spacial score (nSPS) is 20.5. The van der Waals surface area contributed by atoms with E-state index in [0.29, 0.717) is 10.0 Å². The van der Waals surface area contributed by atoms with Crippen molar-refractivity contribution >= 4 is 35.0 Å². The maximum absolute atomic E-state index is 6.14. The Morgan fingerprint density at radius 1 is 1.29 bits per heavy atom. The Hall–Kier alpha value is 0.110. The molecule has 1 nitrogen and oxygen atoms in total. The van der Waals surface area contributed by atoms with Crippen LogP contribution in [0, 0.1) is 0 Å². The van der Waals surface area contributed by atoms with Crippen molar-refractivity contribution < 1.29 is 0 Å². The Bertz CT molecular complexity index is 364. The highest BCUT2D eigenvalue weighted by Gasteiger charge is 2.13. The molecule has 1 N–H and O–H groups in total. The SMILES string of the molecule is Clc1cccc(CNCC2CCCCS2)c1Cl. The summed E-state index contributed by atoms with van der Waals surface area (Å²) in [5.41, 5.74) is 1.08. The van der Waals surface area contributed by atoms with Gasteiger partial charge >= 0.3 is 0 Å². The topological polar surface area (TPSA) is 12.0 Å². The molecule has 4 heteroatoms. The standard InChI is InChI=1S/C13H17Cl2NS/c14-12-6-3-4-10(13(12)15)8-16-9-11-5-1-2-7-17-11/h3-4,6,11,16H,1-2,5,7-9H2. The van der Waals surface area contributed by atoms with Crippen LogP contribution in [0.1, 0.15) is 24.8 Å². The first-order chi connectivity index (χ1) is 8.27. The molecule has 0 bridgehead atoms. The van der Waals surface area contributed by atoms with Gasteiger partial charge in [-0.1, -0.05) is 41.8 Å². The summed E-state index contributed by atoms with van der Waals surface area (Å²) in [5, 5.41) is 5.56. The van der Waals surface area contributed by atoms with Crippen LogP contribution in [-0.2, 0) is 6.54 Å². The van der Waals surface area contributed by atoms with Gasteiger partial charge in [-0.2, -0.15) is 11.8 Å². The molecule has 94 valence electrons. The van der Waals surface area contributed by atoms with Crippen LogP contribution in [0.3, 0.4) is 0 Å². The molecule has 1 aliphatic rings. The fourth-order valence-corrected chi connectivity index (χ4v) is 3.68. The van der Waals surface area contributed by atoms with Crippen molar-refractivity contribution in [3.63, 3.8) is 0 Å². The fraction of sp³-hybridized carbons (Fsp3) is 0.538. The first-order valence-corrected chi connectivity index (χ1v) is 7.83. The van der Waals surface area contributed by atoms with Gasteiger partial charge in [0.15, 0.2) is 0 Å². The Morgan fingerprint density at radius 2 is 2.18 bits per heavy atom. The van der Waals surface area contributed by atoms with Crippen LogP contribution in [0.2, 0.25) is 10.0 Å². The highest BCUT2D eigenvalue weighted by atomic mass is 35.5. The minimum absolute atomic E-state index is 0.637. The van der Waals surface area contributed by atoms with E-state index in [9.17, 15) is 0 Å². The van der Waals surface area contributed by atoms with Gasteiger partial charge in [0, 0.05) is 18.3 Å². The Morgan fingerprint density at radius 3 is 2.94 bits per heavy atom. The summed E-state index contributed by atoms with van der Waals surface area (Å²) in [6.45, 7) is 1.87. The molecular formula is C13H17Cl2NS. The molecule has 0 amide bonds. The number of halogens is 2. The maximum Gasteiger partial charge on any atom is 0.0637 e. The summed E-state index contributed by atoms with van der Waals surface area (Å²) < 4.78 is 0. The van der Waals surface area contributed by atoms with Crippen molar-refractivity contribution in [3.05, 3.63) is 33.8 Å². The van der Waals surface area contributed by atoms with Gasteiger partial charge in [0.1, 0.15) is 0 Å². The van der Waals surface area contributed by atoms with E-state index in [1.54, 1.807) is 0 Å². The fourth-order valence-electron chi connectivity index (χ4n) is 2.02. The second kappa shape index (κ2) is 6.89. The monoisotopic (exact) mass is 289 g/mol. The zero-order valence-electron chi connectivity index (χ0n) is 9.72. The summed E-state index contributed by atoms with van der Waals surface area (Å²) in [6.07, 6.45) is 4.08. The molecule has 2 rings (SSSR count). The zero-order valence-corrected chi connectivity index (χ0v) is 12.0. The molecule has 1 heterocycles. The molecule has 0 spiro atoms. The van der Waals surface area contributed by atoms with E-state index in [1.807, 2.05) is 18.2 Å². The van der Waals surface area contributed by atoms with Crippen molar-refractivity contribution in [1.29, 1.82) is 0 Å². The highest BCUT2D eigenvalue weighted by Crippen LogP contribution is 2.26. The van der Waals surface area contributed by atoms with Gasteiger partial charge in [0.25, 0.3) is 0 Å². The van der Waals surface area contributed by atoms with E-state index >= 15 is 0 Å². The van der Waals surface area contributed by atoms with Crippen LogP contribution >= 0.6 is 35.0 Å². The van der Waals surface area contributed by atoms with Gasteiger partial charge in [-0.25, -0.2) is 0 Å².